The molecule has 0 aliphatic heterocycles. The van der Waals surface area contributed by atoms with Crippen LogP contribution in [0.25, 0.3) is 0 Å². The summed E-state index contributed by atoms with van der Waals surface area (Å²) in [6.07, 6.45) is 5.34. The second-order valence-corrected chi connectivity index (χ2v) is 4.47. The molecule has 1 aromatic carbocycles. The van der Waals surface area contributed by atoms with Gasteiger partial charge in [0.05, 0.1) is 11.9 Å². The number of rotatable bonds is 5. The lowest BCUT2D eigenvalue weighted by Crippen LogP contribution is -2.28. The zero-order chi connectivity index (χ0) is 13.7. The van der Waals surface area contributed by atoms with Gasteiger partial charge in [0.25, 0.3) is 5.91 Å². The van der Waals surface area contributed by atoms with Crippen LogP contribution in [0.3, 0.4) is 0 Å². The van der Waals surface area contributed by atoms with Gasteiger partial charge in [0, 0.05) is 45.3 Å². The third kappa shape index (κ3) is 3.34. The van der Waals surface area contributed by atoms with Crippen LogP contribution in [0, 0.1) is 0 Å². The minimum atomic E-state index is -0.0515. The van der Waals surface area contributed by atoms with E-state index < -0.39 is 0 Å². The number of imidazole rings is 1. The van der Waals surface area contributed by atoms with E-state index in [4.69, 9.17) is 0 Å². The molecule has 0 unspecified atom stereocenters. The van der Waals surface area contributed by atoms with Crippen LogP contribution in [0.2, 0.25) is 0 Å². The van der Waals surface area contributed by atoms with Gasteiger partial charge in [-0.2, -0.15) is 0 Å². The first-order valence-electron chi connectivity index (χ1n) is 6.19. The quantitative estimate of drug-likeness (QED) is 0.881. The molecule has 0 spiro atoms. The molecule has 0 bridgehead atoms. The molecule has 0 saturated heterocycles. The zero-order valence-corrected chi connectivity index (χ0v) is 11.2. The maximum absolute atomic E-state index is 12.1. The number of nitrogens with zero attached hydrogens (tertiary/aromatic N) is 3. The highest BCUT2D eigenvalue weighted by atomic mass is 16.1. The molecule has 1 amide bonds. The van der Waals surface area contributed by atoms with Gasteiger partial charge in [-0.15, -0.1) is 0 Å². The first kappa shape index (κ1) is 13.1. The van der Waals surface area contributed by atoms with Crippen LogP contribution >= 0.6 is 0 Å². The Kier molecular flexibility index (Phi) is 4.18. The zero-order valence-electron chi connectivity index (χ0n) is 11.2. The Balaban J connectivity index is 1.96. The molecule has 0 fully saturated rings. The predicted octanol–water partition coefficient (Wildman–Crippen LogP) is 1.38. The van der Waals surface area contributed by atoms with Crippen molar-refractivity contribution in [3.8, 4) is 0 Å². The van der Waals surface area contributed by atoms with Gasteiger partial charge in [0.15, 0.2) is 0 Å². The largest absolute Gasteiger partial charge is 0.377 e. The van der Waals surface area contributed by atoms with Gasteiger partial charge in [-0.05, 0) is 12.1 Å². The number of amides is 1. The molecule has 5 nitrogen and oxygen atoms in total. The molecule has 0 radical (unpaired) electrons. The average molecular weight is 258 g/mol. The van der Waals surface area contributed by atoms with Crippen molar-refractivity contribution in [2.75, 3.05) is 25.5 Å². The molecule has 0 atom stereocenters. The van der Waals surface area contributed by atoms with Crippen LogP contribution in [0.5, 0.6) is 0 Å². The maximum atomic E-state index is 12.1. The molecule has 0 aliphatic carbocycles. The van der Waals surface area contributed by atoms with Crippen LogP contribution in [-0.2, 0) is 6.54 Å². The molecule has 1 N–H and O–H groups in total. The van der Waals surface area contributed by atoms with E-state index in [1.807, 2.05) is 54.0 Å². The highest BCUT2D eigenvalue weighted by Gasteiger charge is 2.11. The SMILES string of the molecule is CN(C)c1ccccc1C(=O)NCCn1ccnc1. The average Bonchev–Trinajstić information content (AvgIpc) is 2.91. The third-order valence-electron chi connectivity index (χ3n) is 2.85. The number of carbonyl (C=O) groups is 1. The lowest BCUT2D eigenvalue weighted by atomic mass is 10.1. The van der Waals surface area contributed by atoms with Gasteiger partial charge >= 0.3 is 0 Å². The fraction of sp³-hybridized carbons (Fsp3) is 0.286. The van der Waals surface area contributed by atoms with Crippen LogP contribution < -0.4 is 10.2 Å². The molecule has 2 rings (SSSR count). The number of para-hydroxylation sites is 1. The van der Waals surface area contributed by atoms with Crippen molar-refractivity contribution in [2.24, 2.45) is 0 Å². The van der Waals surface area contributed by atoms with Crippen molar-refractivity contribution >= 4 is 11.6 Å². The molecule has 1 heterocycles. The molecule has 100 valence electrons. The van der Waals surface area contributed by atoms with Crippen molar-refractivity contribution in [2.45, 2.75) is 6.54 Å². The van der Waals surface area contributed by atoms with E-state index in [1.54, 1.807) is 12.5 Å². The summed E-state index contributed by atoms with van der Waals surface area (Å²) in [6.45, 7) is 1.30. The van der Waals surface area contributed by atoms with E-state index in [1.165, 1.54) is 0 Å². The van der Waals surface area contributed by atoms with Crippen LogP contribution in [0.4, 0.5) is 5.69 Å². The third-order valence-corrected chi connectivity index (χ3v) is 2.85. The van der Waals surface area contributed by atoms with E-state index >= 15 is 0 Å². The summed E-state index contributed by atoms with van der Waals surface area (Å²) in [6, 6.07) is 7.57. The Morgan fingerprint density at radius 3 is 2.84 bits per heavy atom. The van der Waals surface area contributed by atoms with Crippen LogP contribution in [0.1, 0.15) is 10.4 Å². The van der Waals surface area contributed by atoms with Crippen molar-refractivity contribution in [3.05, 3.63) is 48.5 Å². The Morgan fingerprint density at radius 2 is 2.16 bits per heavy atom. The molecular formula is C14H18N4O. The minimum Gasteiger partial charge on any atom is -0.377 e. The normalized spacial score (nSPS) is 10.2. The highest BCUT2D eigenvalue weighted by molar-refractivity contribution is 5.99. The number of carbonyl (C=O) groups excluding carboxylic acids is 1. The summed E-state index contributed by atoms with van der Waals surface area (Å²) in [7, 11) is 3.86. The highest BCUT2D eigenvalue weighted by Crippen LogP contribution is 2.17. The van der Waals surface area contributed by atoms with Gasteiger partial charge in [0.1, 0.15) is 0 Å². The van der Waals surface area contributed by atoms with Crippen molar-refractivity contribution in [1.82, 2.24) is 14.9 Å². The standard InChI is InChI=1S/C14H18N4O/c1-17(2)13-6-4-3-5-12(13)14(19)16-8-10-18-9-7-15-11-18/h3-7,9,11H,8,10H2,1-2H3,(H,16,19). The number of hydrogen-bond donors (Lipinski definition) is 1. The van der Waals surface area contributed by atoms with E-state index in [2.05, 4.69) is 10.3 Å². The first-order chi connectivity index (χ1) is 9.18. The van der Waals surface area contributed by atoms with Crippen molar-refractivity contribution < 1.29 is 4.79 Å². The number of benzene rings is 1. The molecule has 0 saturated carbocycles. The fourth-order valence-corrected chi connectivity index (χ4v) is 1.87. The maximum Gasteiger partial charge on any atom is 0.253 e. The summed E-state index contributed by atoms with van der Waals surface area (Å²) in [5.74, 6) is -0.0515. The predicted molar refractivity (Wildman–Crippen MR) is 75.3 cm³/mol. The van der Waals surface area contributed by atoms with Gasteiger partial charge in [0.2, 0.25) is 0 Å². The summed E-state index contributed by atoms with van der Waals surface area (Å²) >= 11 is 0. The van der Waals surface area contributed by atoms with E-state index in [0.29, 0.717) is 12.1 Å². The second kappa shape index (κ2) is 6.04. The summed E-state index contributed by atoms with van der Waals surface area (Å²) in [5, 5.41) is 2.92. The smallest absolute Gasteiger partial charge is 0.253 e. The summed E-state index contributed by atoms with van der Waals surface area (Å²) < 4.78 is 1.93. The van der Waals surface area contributed by atoms with Gasteiger partial charge in [-0.1, -0.05) is 12.1 Å². The lowest BCUT2D eigenvalue weighted by Gasteiger charge is -2.16. The van der Waals surface area contributed by atoms with Gasteiger partial charge in [-0.3, -0.25) is 4.79 Å². The molecule has 19 heavy (non-hydrogen) atoms. The lowest BCUT2D eigenvalue weighted by molar-refractivity contribution is 0.0953. The Labute approximate surface area is 112 Å². The fourth-order valence-electron chi connectivity index (χ4n) is 1.87. The molecule has 2 aromatic rings. The van der Waals surface area contributed by atoms with Gasteiger partial charge < -0.3 is 14.8 Å². The molecule has 1 aromatic heterocycles. The van der Waals surface area contributed by atoms with Crippen LogP contribution in [0.15, 0.2) is 43.0 Å². The van der Waals surface area contributed by atoms with Gasteiger partial charge in [-0.25, -0.2) is 4.98 Å². The van der Waals surface area contributed by atoms with Crippen LogP contribution in [-0.4, -0.2) is 36.1 Å². The second-order valence-electron chi connectivity index (χ2n) is 4.47. The number of nitrogens with one attached hydrogen (secondary N) is 1. The number of aromatic nitrogens is 2. The Hall–Kier alpha value is -2.30. The van der Waals surface area contributed by atoms with E-state index in [-0.39, 0.29) is 5.91 Å². The van der Waals surface area contributed by atoms with E-state index in [9.17, 15) is 4.79 Å². The number of hydrogen-bond acceptors (Lipinski definition) is 3. The number of anilines is 1. The topological polar surface area (TPSA) is 50.2 Å². The molecule has 5 heteroatoms. The first-order valence-corrected chi connectivity index (χ1v) is 6.19. The monoisotopic (exact) mass is 258 g/mol. The Morgan fingerprint density at radius 1 is 1.37 bits per heavy atom. The summed E-state index contributed by atoms with van der Waals surface area (Å²) in [4.78, 5) is 18.0. The Bertz CT molecular complexity index is 534. The molecular weight excluding hydrogens is 240 g/mol. The minimum absolute atomic E-state index is 0.0515. The van der Waals surface area contributed by atoms with Crippen molar-refractivity contribution in [1.29, 1.82) is 0 Å². The molecule has 0 aliphatic rings. The van der Waals surface area contributed by atoms with Crippen molar-refractivity contribution in [3.63, 3.8) is 0 Å². The summed E-state index contributed by atoms with van der Waals surface area (Å²) in [5.41, 5.74) is 1.61. The van der Waals surface area contributed by atoms with E-state index in [0.717, 1.165) is 12.2 Å².